The van der Waals surface area contributed by atoms with E-state index in [-0.39, 0.29) is 0 Å². The van der Waals surface area contributed by atoms with Crippen molar-refractivity contribution < 1.29 is 4.79 Å². The van der Waals surface area contributed by atoms with E-state index in [1.165, 1.54) is 0 Å². The zero-order chi connectivity index (χ0) is 9.84. The first-order chi connectivity index (χ1) is 6.15. The fourth-order valence-corrected chi connectivity index (χ4v) is 1.28. The number of nitrogens with two attached hydrogens (primary N) is 1. The van der Waals surface area contributed by atoms with Crippen molar-refractivity contribution in [2.24, 2.45) is 5.73 Å². The molecule has 0 saturated carbocycles. The van der Waals surface area contributed by atoms with Crippen LogP contribution >= 0.6 is 11.9 Å². The summed E-state index contributed by atoms with van der Waals surface area (Å²) in [5.74, 6) is -0.392. The van der Waals surface area contributed by atoms with E-state index in [4.69, 9.17) is 5.73 Å². The van der Waals surface area contributed by atoms with Crippen LogP contribution in [0, 0.1) is 0 Å². The van der Waals surface area contributed by atoms with Gasteiger partial charge in [0.25, 0.3) is 0 Å². The summed E-state index contributed by atoms with van der Waals surface area (Å²) < 4.78 is 1.96. The number of nitrogens with zero attached hydrogens (tertiary/aromatic N) is 1. The Morgan fingerprint density at radius 2 is 2.23 bits per heavy atom. The second-order valence-corrected chi connectivity index (χ2v) is 3.51. The molecule has 0 atom stereocenters. The summed E-state index contributed by atoms with van der Waals surface area (Å²) in [4.78, 5) is 10.9. The van der Waals surface area contributed by atoms with Gasteiger partial charge in [0.1, 0.15) is 0 Å². The van der Waals surface area contributed by atoms with Gasteiger partial charge in [0.2, 0.25) is 5.91 Å². The molecular weight excluding hydrogens is 184 g/mol. The number of hydrogen-bond acceptors (Lipinski definition) is 3. The Morgan fingerprint density at radius 3 is 2.77 bits per heavy atom. The monoisotopic (exact) mass is 196 g/mol. The molecule has 4 heteroatoms. The summed E-state index contributed by atoms with van der Waals surface area (Å²) >= 11 is 1.58. The molecule has 0 heterocycles. The van der Waals surface area contributed by atoms with Crippen LogP contribution in [0.2, 0.25) is 0 Å². The highest BCUT2D eigenvalue weighted by Gasteiger charge is 2.03. The SMILES string of the molecule is CSN(C)c1cccc(C(N)=O)c1. The van der Waals surface area contributed by atoms with E-state index in [1.807, 2.05) is 29.7 Å². The van der Waals surface area contributed by atoms with Crippen molar-refractivity contribution in [3.63, 3.8) is 0 Å². The molecule has 0 unspecified atom stereocenters. The first-order valence-corrected chi connectivity index (χ1v) is 5.01. The molecule has 1 amide bonds. The molecule has 1 rings (SSSR count). The Hall–Kier alpha value is -1.16. The Kier molecular flexibility index (Phi) is 3.19. The molecule has 0 spiro atoms. The van der Waals surface area contributed by atoms with Crippen molar-refractivity contribution in [3.8, 4) is 0 Å². The highest BCUT2D eigenvalue weighted by molar-refractivity contribution is 7.99. The minimum atomic E-state index is -0.392. The fraction of sp³-hybridized carbons (Fsp3) is 0.222. The average molecular weight is 196 g/mol. The van der Waals surface area contributed by atoms with Gasteiger partial charge in [-0.2, -0.15) is 0 Å². The predicted molar refractivity (Wildman–Crippen MR) is 56.9 cm³/mol. The topological polar surface area (TPSA) is 46.3 Å². The van der Waals surface area contributed by atoms with Crippen molar-refractivity contribution in [1.82, 2.24) is 0 Å². The summed E-state index contributed by atoms with van der Waals surface area (Å²) in [6.45, 7) is 0. The van der Waals surface area contributed by atoms with Gasteiger partial charge in [-0.25, -0.2) is 0 Å². The molecular formula is C9H12N2OS. The van der Waals surface area contributed by atoms with Crippen molar-refractivity contribution in [1.29, 1.82) is 0 Å². The Balaban J connectivity index is 2.98. The van der Waals surface area contributed by atoms with Crippen LogP contribution in [0.25, 0.3) is 0 Å². The van der Waals surface area contributed by atoms with E-state index in [9.17, 15) is 4.79 Å². The molecule has 70 valence electrons. The maximum atomic E-state index is 10.9. The normalized spacial score (nSPS) is 9.69. The Morgan fingerprint density at radius 1 is 1.54 bits per heavy atom. The molecule has 1 aromatic rings. The van der Waals surface area contributed by atoms with Gasteiger partial charge in [-0.15, -0.1) is 0 Å². The van der Waals surface area contributed by atoms with Gasteiger partial charge in [-0.3, -0.25) is 4.79 Å². The van der Waals surface area contributed by atoms with Crippen LogP contribution in [-0.2, 0) is 0 Å². The third-order valence-electron chi connectivity index (χ3n) is 1.77. The lowest BCUT2D eigenvalue weighted by molar-refractivity contribution is 0.100. The largest absolute Gasteiger partial charge is 0.366 e. The van der Waals surface area contributed by atoms with Crippen LogP contribution in [0.4, 0.5) is 5.69 Å². The van der Waals surface area contributed by atoms with Crippen molar-refractivity contribution >= 4 is 23.5 Å². The van der Waals surface area contributed by atoms with Crippen molar-refractivity contribution in [2.75, 3.05) is 17.6 Å². The van der Waals surface area contributed by atoms with Gasteiger partial charge >= 0.3 is 0 Å². The van der Waals surface area contributed by atoms with Gasteiger partial charge < -0.3 is 10.0 Å². The number of carbonyl (C=O) groups excluding carboxylic acids is 1. The first kappa shape index (κ1) is 9.92. The average Bonchev–Trinajstić information content (AvgIpc) is 2.17. The van der Waals surface area contributed by atoms with Gasteiger partial charge in [0, 0.05) is 24.6 Å². The number of carbonyl (C=O) groups is 1. The number of benzene rings is 1. The zero-order valence-electron chi connectivity index (χ0n) is 7.65. The number of anilines is 1. The van der Waals surface area contributed by atoms with Gasteiger partial charge in [-0.05, 0) is 18.2 Å². The van der Waals surface area contributed by atoms with Crippen LogP contribution in [0.1, 0.15) is 10.4 Å². The molecule has 0 aliphatic heterocycles. The van der Waals surface area contributed by atoms with Crippen molar-refractivity contribution in [2.45, 2.75) is 0 Å². The van der Waals surface area contributed by atoms with Crippen LogP contribution in [0.15, 0.2) is 24.3 Å². The minimum absolute atomic E-state index is 0.392. The number of rotatable bonds is 3. The number of primary amides is 1. The summed E-state index contributed by atoms with van der Waals surface area (Å²) in [5.41, 5.74) is 6.68. The minimum Gasteiger partial charge on any atom is -0.366 e. The molecule has 0 saturated heterocycles. The third-order valence-corrected chi connectivity index (χ3v) is 2.53. The maximum absolute atomic E-state index is 10.9. The second-order valence-electron chi connectivity index (χ2n) is 2.59. The van der Waals surface area contributed by atoms with E-state index >= 15 is 0 Å². The lowest BCUT2D eigenvalue weighted by Crippen LogP contribution is -2.12. The lowest BCUT2D eigenvalue weighted by atomic mass is 10.2. The van der Waals surface area contributed by atoms with Gasteiger partial charge in [-0.1, -0.05) is 18.0 Å². The molecule has 0 fully saturated rings. The van der Waals surface area contributed by atoms with Crippen LogP contribution in [0.3, 0.4) is 0 Å². The molecule has 2 N–H and O–H groups in total. The quantitative estimate of drug-likeness (QED) is 0.745. The molecule has 13 heavy (non-hydrogen) atoms. The Labute approximate surface area is 82.0 Å². The van der Waals surface area contributed by atoms with Crippen LogP contribution in [-0.4, -0.2) is 19.2 Å². The molecule has 1 aromatic carbocycles. The summed E-state index contributed by atoms with van der Waals surface area (Å²) in [6.07, 6.45) is 1.97. The fourth-order valence-electron chi connectivity index (χ4n) is 0.960. The molecule has 0 bridgehead atoms. The standard InChI is InChI=1S/C9H12N2OS/c1-11(13-2)8-5-3-4-7(6-8)9(10)12/h3-6H,1-2H3,(H2,10,12). The van der Waals surface area contributed by atoms with E-state index in [0.29, 0.717) is 5.56 Å². The summed E-state index contributed by atoms with van der Waals surface area (Å²) in [6, 6.07) is 7.24. The van der Waals surface area contributed by atoms with E-state index in [0.717, 1.165) is 5.69 Å². The zero-order valence-corrected chi connectivity index (χ0v) is 8.47. The van der Waals surface area contributed by atoms with Crippen LogP contribution < -0.4 is 10.0 Å². The first-order valence-electron chi connectivity index (χ1n) is 3.83. The smallest absolute Gasteiger partial charge is 0.248 e. The lowest BCUT2D eigenvalue weighted by Gasteiger charge is -2.15. The number of hydrogen-bond donors (Lipinski definition) is 1. The van der Waals surface area contributed by atoms with Gasteiger partial charge in [0.15, 0.2) is 0 Å². The van der Waals surface area contributed by atoms with Gasteiger partial charge in [0.05, 0.1) is 0 Å². The number of amides is 1. The maximum Gasteiger partial charge on any atom is 0.248 e. The van der Waals surface area contributed by atoms with E-state index in [1.54, 1.807) is 24.1 Å². The molecule has 3 nitrogen and oxygen atoms in total. The van der Waals surface area contributed by atoms with E-state index in [2.05, 4.69) is 0 Å². The molecule has 0 aliphatic rings. The van der Waals surface area contributed by atoms with Crippen molar-refractivity contribution in [3.05, 3.63) is 29.8 Å². The Bertz CT molecular complexity index is 314. The molecule has 0 radical (unpaired) electrons. The van der Waals surface area contributed by atoms with Crippen LogP contribution in [0.5, 0.6) is 0 Å². The highest BCUT2D eigenvalue weighted by atomic mass is 32.2. The summed E-state index contributed by atoms with van der Waals surface area (Å²) in [7, 11) is 1.94. The third kappa shape index (κ3) is 2.39. The molecule has 0 aromatic heterocycles. The second kappa shape index (κ2) is 4.18. The predicted octanol–water partition coefficient (Wildman–Crippen LogP) is 1.50. The van der Waals surface area contributed by atoms with E-state index < -0.39 is 5.91 Å². The highest BCUT2D eigenvalue weighted by Crippen LogP contribution is 2.19. The molecule has 0 aliphatic carbocycles. The summed E-state index contributed by atoms with van der Waals surface area (Å²) in [5, 5.41) is 0.